The second-order valence-electron chi connectivity index (χ2n) is 3.71. The quantitative estimate of drug-likeness (QED) is 0.833. The number of aromatic hydroxyl groups is 1. The van der Waals surface area contributed by atoms with Crippen LogP contribution in [0.25, 0.3) is 10.9 Å². The number of hydrogen-bond acceptors (Lipinski definition) is 4. The summed E-state index contributed by atoms with van der Waals surface area (Å²) in [6, 6.07) is 3.24. The molecule has 0 bridgehead atoms. The highest BCUT2D eigenvalue weighted by atomic mass is 79.9. The first-order valence-corrected chi connectivity index (χ1v) is 6.17. The van der Waals surface area contributed by atoms with E-state index in [1.54, 1.807) is 19.9 Å². The Morgan fingerprint density at radius 3 is 2.89 bits per heavy atom. The minimum Gasteiger partial charge on any atom is -0.507 e. The summed E-state index contributed by atoms with van der Waals surface area (Å²) < 4.78 is 10.4. The minimum atomic E-state index is -0.760. The number of hydrogen-bond donors (Lipinski definition) is 2. The monoisotopic (exact) mass is 313 g/mol. The molecule has 5 nitrogen and oxygen atoms in total. The first-order chi connectivity index (χ1) is 8.52. The third-order valence-corrected chi connectivity index (χ3v) is 3.08. The van der Waals surface area contributed by atoms with E-state index in [1.165, 1.54) is 6.07 Å². The molecule has 1 heterocycles. The van der Waals surface area contributed by atoms with Gasteiger partial charge in [-0.2, -0.15) is 0 Å². The predicted molar refractivity (Wildman–Crippen MR) is 70.1 cm³/mol. The number of nitrogens with one attached hydrogen (secondary N) is 1. The molecule has 0 saturated heterocycles. The molecule has 2 aromatic rings. The van der Waals surface area contributed by atoms with Gasteiger partial charge in [-0.05, 0) is 41.9 Å². The van der Waals surface area contributed by atoms with Crippen LogP contribution >= 0.6 is 15.9 Å². The molecule has 6 heteroatoms. The molecule has 0 unspecified atom stereocenters. The molecule has 0 saturated carbocycles. The van der Waals surface area contributed by atoms with Crippen LogP contribution in [-0.4, -0.2) is 22.9 Å². The maximum atomic E-state index is 11.3. The van der Waals surface area contributed by atoms with Gasteiger partial charge in [0.1, 0.15) is 5.75 Å². The van der Waals surface area contributed by atoms with Crippen molar-refractivity contribution in [1.82, 2.24) is 4.98 Å². The second-order valence-corrected chi connectivity index (χ2v) is 4.57. The third kappa shape index (κ3) is 2.28. The number of aryl methyl sites for hydroxylation is 1. The molecule has 2 rings (SSSR count). The van der Waals surface area contributed by atoms with E-state index in [-0.39, 0.29) is 12.4 Å². The second kappa shape index (κ2) is 4.89. The van der Waals surface area contributed by atoms with Crippen LogP contribution in [0.2, 0.25) is 0 Å². The van der Waals surface area contributed by atoms with E-state index in [1.807, 2.05) is 0 Å². The van der Waals surface area contributed by atoms with Gasteiger partial charge in [0.05, 0.1) is 22.3 Å². The molecule has 1 aromatic heterocycles. The predicted octanol–water partition coefficient (Wildman–Crippen LogP) is 3.48. The Morgan fingerprint density at radius 2 is 2.22 bits per heavy atom. The van der Waals surface area contributed by atoms with Gasteiger partial charge in [0.25, 0.3) is 0 Å². The molecule has 2 N–H and O–H groups in total. The Hall–Kier alpha value is -1.69. The lowest BCUT2D eigenvalue weighted by Crippen LogP contribution is -2.10. The highest BCUT2D eigenvalue weighted by Crippen LogP contribution is 2.36. The minimum absolute atomic E-state index is 0.0789. The summed E-state index contributed by atoms with van der Waals surface area (Å²) in [4.78, 5) is 14.4. The average molecular weight is 314 g/mol. The van der Waals surface area contributed by atoms with Crippen molar-refractivity contribution in [3.8, 4) is 11.5 Å². The fourth-order valence-electron chi connectivity index (χ4n) is 1.68. The fourth-order valence-corrected chi connectivity index (χ4v) is 2.02. The van der Waals surface area contributed by atoms with Crippen molar-refractivity contribution in [2.45, 2.75) is 13.8 Å². The Kier molecular flexibility index (Phi) is 3.47. The van der Waals surface area contributed by atoms with Gasteiger partial charge >= 0.3 is 6.16 Å². The molecule has 0 aliphatic rings. The Bertz CT molecular complexity index is 606. The van der Waals surface area contributed by atoms with Crippen molar-refractivity contribution in [2.24, 2.45) is 0 Å². The van der Waals surface area contributed by atoms with Crippen LogP contribution in [0.1, 0.15) is 12.6 Å². The van der Waals surface area contributed by atoms with Crippen LogP contribution in [0.15, 0.2) is 16.6 Å². The van der Waals surface area contributed by atoms with Gasteiger partial charge in [-0.3, -0.25) is 0 Å². The third-order valence-electron chi connectivity index (χ3n) is 2.44. The van der Waals surface area contributed by atoms with Crippen LogP contribution in [0.3, 0.4) is 0 Å². The van der Waals surface area contributed by atoms with Gasteiger partial charge in [0.2, 0.25) is 0 Å². The molecular formula is C12H12BrNO4. The first-order valence-electron chi connectivity index (χ1n) is 5.38. The van der Waals surface area contributed by atoms with Crippen LogP contribution in [0.4, 0.5) is 4.79 Å². The van der Waals surface area contributed by atoms with Crippen LogP contribution in [-0.2, 0) is 4.74 Å². The summed E-state index contributed by atoms with van der Waals surface area (Å²) in [5.41, 5.74) is 1.45. The van der Waals surface area contributed by atoms with Crippen molar-refractivity contribution in [3.63, 3.8) is 0 Å². The van der Waals surface area contributed by atoms with Gasteiger partial charge in [-0.1, -0.05) is 0 Å². The highest BCUT2D eigenvalue weighted by Gasteiger charge is 2.16. The number of phenols is 1. The normalized spacial score (nSPS) is 10.6. The van der Waals surface area contributed by atoms with Crippen LogP contribution in [0.5, 0.6) is 11.5 Å². The molecule has 0 aliphatic heterocycles. The Labute approximate surface area is 112 Å². The zero-order valence-electron chi connectivity index (χ0n) is 9.91. The summed E-state index contributed by atoms with van der Waals surface area (Å²) >= 11 is 3.22. The van der Waals surface area contributed by atoms with Gasteiger partial charge in [-0.15, -0.1) is 0 Å². The number of carbonyl (C=O) groups is 1. The van der Waals surface area contributed by atoms with E-state index in [4.69, 9.17) is 9.47 Å². The number of H-pyrrole nitrogens is 1. The molecule has 0 atom stereocenters. The van der Waals surface area contributed by atoms with E-state index >= 15 is 0 Å². The molecule has 0 radical (unpaired) electrons. The lowest BCUT2D eigenvalue weighted by Gasteiger charge is -2.04. The van der Waals surface area contributed by atoms with Crippen LogP contribution in [0, 0.1) is 6.92 Å². The average Bonchev–Trinajstić information content (AvgIpc) is 2.57. The molecule has 0 fully saturated rings. The van der Waals surface area contributed by atoms with E-state index in [2.05, 4.69) is 20.9 Å². The van der Waals surface area contributed by atoms with E-state index < -0.39 is 6.16 Å². The number of rotatable bonds is 2. The number of aromatic nitrogens is 1. The summed E-state index contributed by atoms with van der Waals surface area (Å²) in [5.74, 6) is 0.446. The number of halogens is 1. The van der Waals surface area contributed by atoms with Gasteiger partial charge in [0, 0.05) is 5.39 Å². The van der Waals surface area contributed by atoms with Crippen molar-refractivity contribution in [2.75, 3.05) is 6.61 Å². The van der Waals surface area contributed by atoms with Crippen molar-refractivity contribution in [3.05, 3.63) is 22.3 Å². The molecule has 96 valence electrons. The van der Waals surface area contributed by atoms with Crippen molar-refractivity contribution < 1.29 is 19.4 Å². The summed E-state index contributed by atoms with van der Waals surface area (Å²) in [6.07, 6.45) is -0.760. The SMILES string of the molecule is CCOC(=O)Oc1c(C)[nH]c2cc(Br)c(O)cc12. The number of benzene rings is 1. The maximum absolute atomic E-state index is 11.3. The number of aromatic amines is 1. The number of carbonyl (C=O) groups excluding carboxylic acids is 1. The Morgan fingerprint density at radius 1 is 1.50 bits per heavy atom. The first kappa shape index (κ1) is 12.8. The summed E-state index contributed by atoms with van der Waals surface area (Å²) in [7, 11) is 0. The van der Waals surface area contributed by atoms with E-state index in [9.17, 15) is 9.90 Å². The van der Waals surface area contributed by atoms with Gasteiger partial charge < -0.3 is 19.6 Å². The largest absolute Gasteiger partial charge is 0.513 e. The number of fused-ring (bicyclic) bond motifs is 1. The summed E-state index contributed by atoms with van der Waals surface area (Å²) in [5, 5.41) is 10.3. The molecule has 0 spiro atoms. The molecular weight excluding hydrogens is 302 g/mol. The zero-order chi connectivity index (χ0) is 13.3. The fraction of sp³-hybridized carbons (Fsp3) is 0.250. The number of ether oxygens (including phenoxy) is 2. The lowest BCUT2D eigenvalue weighted by molar-refractivity contribution is 0.104. The van der Waals surface area contributed by atoms with Gasteiger partial charge in [-0.25, -0.2) is 4.79 Å². The maximum Gasteiger partial charge on any atom is 0.513 e. The smallest absolute Gasteiger partial charge is 0.507 e. The van der Waals surface area contributed by atoms with E-state index in [0.717, 1.165) is 5.52 Å². The van der Waals surface area contributed by atoms with Crippen LogP contribution < -0.4 is 4.74 Å². The molecule has 0 amide bonds. The summed E-state index contributed by atoms with van der Waals surface area (Å²) in [6.45, 7) is 3.73. The van der Waals surface area contributed by atoms with Gasteiger partial charge in [0.15, 0.2) is 5.75 Å². The molecule has 18 heavy (non-hydrogen) atoms. The van der Waals surface area contributed by atoms with Crippen molar-refractivity contribution >= 4 is 33.0 Å². The molecule has 0 aliphatic carbocycles. The number of phenolic OH excluding ortho intramolecular Hbond substituents is 1. The standard InChI is InChI=1S/C12H12BrNO4/c1-3-17-12(16)18-11-6(2)14-9-5-8(13)10(15)4-7(9)11/h4-5,14-15H,3H2,1-2H3. The molecule has 1 aromatic carbocycles. The topological polar surface area (TPSA) is 71.5 Å². The highest BCUT2D eigenvalue weighted by molar-refractivity contribution is 9.10. The van der Waals surface area contributed by atoms with Crippen molar-refractivity contribution in [1.29, 1.82) is 0 Å². The Balaban J connectivity index is 2.46. The van der Waals surface area contributed by atoms with E-state index in [0.29, 0.717) is 21.3 Å². The lowest BCUT2D eigenvalue weighted by atomic mass is 10.2. The zero-order valence-corrected chi connectivity index (χ0v) is 11.5.